The van der Waals surface area contributed by atoms with Crippen molar-refractivity contribution >= 4 is 5.95 Å². The summed E-state index contributed by atoms with van der Waals surface area (Å²) in [5, 5.41) is 18.6. The van der Waals surface area contributed by atoms with Gasteiger partial charge < -0.3 is 14.9 Å². The molecule has 156 valence electrons. The highest BCUT2D eigenvalue weighted by molar-refractivity contribution is 5.69. The lowest BCUT2D eigenvalue weighted by molar-refractivity contribution is -0.137. The van der Waals surface area contributed by atoms with Crippen LogP contribution in [-0.4, -0.2) is 57.4 Å². The number of aromatic hydroxyl groups is 1. The molecule has 0 aliphatic carbocycles. The van der Waals surface area contributed by atoms with Gasteiger partial charge in [0.2, 0.25) is 5.95 Å². The number of rotatable bonds is 3. The van der Waals surface area contributed by atoms with E-state index in [1.807, 2.05) is 0 Å². The normalized spacial score (nSPS) is 22.7. The molecule has 1 aromatic heterocycles. The van der Waals surface area contributed by atoms with Crippen molar-refractivity contribution in [2.45, 2.75) is 38.9 Å². The predicted octanol–water partition coefficient (Wildman–Crippen LogP) is 3.49. The molecule has 2 saturated heterocycles. The van der Waals surface area contributed by atoms with Crippen molar-refractivity contribution in [3.05, 3.63) is 29.5 Å². The summed E-state index contributed by atoms with van der Waals surface area (Å²) in [5.74, 6) is 0.683. The first-order valence-corrected chi connectivity index (χ1v) is 9.88. The number of anilines is 1. The fraction of sp³-hybridized carbons (Fsp3) is 0.550. The largest absolute Gasteiger partial charge is 0.507 e. The lowest BCUT2D eigenvalue weighted by Crippen LogP contribution is -2.48. The standard InChI is InChI=1S/C20H24F3N5O/c1-3-27-8-6-13-7-9-28(16(13)11-27)19-24-12(2)18(25-26-19)15-5-4-14(10-17(15)29)20(21,22)23/h4-5,10,13,16,29H,3,6-9,11H2,1-2H3/t13-,16-/m0/s1. The monoisotopic (exact) mass is 407 g/mol. The van der Waals surface area contributed by atoms with E-state index in [0.717, 1.165) is 38.7 Å². The van der Waals surface area contributed by atoms with Gasteiger partial charge in [-0.15, -0.1) is 10.2 Å². The van der Waals surface area contributed by atoms with Crippen LogP contribution in [-0.2, 0) is 6.18 Å². The van der Waals surface area contributed by atoms with E-state index in [0.29, 0.717) is 29.7 Å². The van der Waals surface area contributed by atoms with Gasteiger partial charge in [0.25, 0.3) is 0 Å². The van der Waals surface area contributed by atoms with Gasteiger partial charge in [0, 0.05) is 24.7 Å². The maximum absolute atomic E-state index is 12.8. The van der Waals surface area contributed by atoms with Gasteiger partial charge in [-0.2, -0.15) is 13.2 Å². The molecule has 0 radical (unpaired) electrons. The third-order valence-electron chi connectivity index (χ3n) is 6.08. The number of hydrogen-bond donors (Lipinski definition) is 1. The number of likely N-dealkylation sites (tertiary alicyclic amines) is 1. The molecule has 2 atom stereocenters. The molecule has 2 fully saturated rings. The SMILES string of the molecule is CCN1CC[C@H]2CCN(c3nnc(-c4ccc(C(F)(F)F)cc4O)c(C)n3)[C@H]2C1. The van der Waals surface area contributed by atoms with Crippen LogP contribution in [0.25, 0.3) is 11.3 Å². The topological polar surface area (TPSA) is 65.4 Å². The van der Waals surface area contributed by atoms with Crippen molar-refractivity contribution < 1.29 is 18.3 Å². The summed E-state index contributed by atoms with van der Waals surface area (Å²) in [6.07, 6.45) is -2.25. The molecule has 0 amide bonds. The molecular formula is C20H24F3N5O. The number of piperidine rings is 1. The quantitative estimate of drug-likeness (QED) is 0.840. The minimum atomic E-state index is -4.52. The zero-order valence-electron chi connectivity index (χ0n) is 16.4. The Morgan fingerprint density at radius 2 is 1.93 bits per heavy atom. The van der Waals surface area contributed by atoms with Gasteiger partial charge in [-0.25, -0.2) is 4.98 Å². The van der Waals surface area contributed by atoms with Crippen molar-refractivity contribution in [1.82, 2.24) is 20.1 Å². The Morgan fingerprint density at radius 1 is 1.17 bits per heavy atom. The number of likely N-dealkylation sites (N-methyl/N-ethyl adjacent to an activating group) is 1. The first-order valence-electron chi connectivity index (χ1n) is 9.88. The third kappa shape index (κ3) is 3.75. The zero-order valence-corrected chi connectivity index (χ0v) is 16.4. The Hall–Kier alpha value is -2.42. The Labute approximate surface area is 167 Å². The number of aryl methyl sites for hydroxylation is 1. The van der Waals surface area contributed by atoms with E-state index < -0.39 is 17.5 Å². The third-order valence-corrected chi connectivity index (χ3v) is 6.08. The summed E-state index contributed by atoms with van der Waals surface area (Å²) < 4.78 is 38.5. The summed E-state index contributed by atoms with van der Waals surface area (Å²) in [4.78, 5) is 9.21. The first-order chi connectivity index (χ1) is 13.8. The average Bonchev–Trinajstić information content (AvgIpc) is 3.10. The van der Waals surface area contributed by atoms with Crippen LogP contribution in [0.4, 0.5) is 19.1 Å². The number of benzene rings is 1. The minimum absolute atomic E-state index is 0.191. The van der Waals surface area contributed by atoms with Crippen LogP contribution >= 0.6 is 0 Å². The zero-order chi connectivity index (χ0) is 20.8. The highest BCUT2D eigenvalue weighted by Gasteiger charge is 2.39. The maximum atomic E-state index is 12.8. The van der Waals surface area contributed by atoms with Crippen molar-refractivity contribution in [3.8, 4) is 17.0 Å². The summed E-state index contributed by atoms with van der Waals surface area (Å²) in [7, 11) is 0. The molecule has 6 nitrogen and oxygen atoms in total. The number of nitrogens with zero attached hydrogens (tertiary/aromatic N) is 5. The van der Waals surface area contributed by atoms with Gasteiger partial charge >= 0.3 is 6.18 Å². The van der Waals surface area contributed by atoms with E-state index in [4.69, 9.17) is 0 Å². The second kappa shape index (κ2) is 7.44. The predicted molar refractivity (Wildman–Crippen MR) is 103 cm³/mol. The smallest absolute Gasteiger partial charge is 0.416 e. The van der Waals surface area contributed by atoms with Crippen molar-refractivity contribution in [2.24, 2.45) is 5.92 Å². The maximum Gasteiger partial charge on any atom is 0.416 e. The van der Waals surface area contributed by atoms with Crippen LogP contribution in [0.3, 0.4) is 0 Å². The Balaban J connectivity index is 1.60. The molecule has 4 rings (SSSR count). The molecule has 0 saturated carbocycles. The van der Waals surface area contributed by atoms with E-state index >= 15 is 0 Å². The second-order valence-corrected chi connectivity index (χ2v) is 7.77. The summed E-state index contributed by atoms with van der Waals surface area (Å²) in [6, 6.07) is 3.20. The van der Waals surface area contributed by atoms with Gasteiger partial charge in [-0.3, -0.25) is 0 Å². The minimum Gasteiger partial charge on any atom is -0.507 e. The fourth-order valence-electron chi connectivity index (χ4n) is 4.41. The number of aromatic nitrogens is 3. The van der Waals surface area contributed by atoms with Gasteiger partial charge in [-0.05, 0) is 57.0 Å². The fourth-order valence-corrected chi connectivity index (χ4v) is 4.41. The van der Waals surface area contributed by atoms with Crippen LogP contribution in [0, 0.1) is 12.8 Å². The molecule has 9 heteroatoms. The molecule has 3 heterocycles. The number of phenolic OH excluding ortho intramolecular Hbond substituents is 1. The van der Waals surface area contributed by atoms with Gasteiger partial charge in [0.15, 0.2) is 0 Å². The van der Waals surface area contributed by atoms with Crippen molar-refractivity contribution in [1.29, 1.82) is 0 Å². The van der Waals surface area contributed by atoms with Crippen molar-refractivity contribution in [3.63, 3.8) is 0 Å². The lowest BCUT2D eigenvalue weighted by Gasteiger charge is -2.37. The van der Waals surface area contributed by atoms with Gasteiger partial charge in [-0.1, -0.05) is 6.92 Å². The van der Waals surface area contributed by atoms with Gasteiger partial charge in [0.1, 0.15) is 11.4 Å². The van der Waals surface area contributed by atoms with Crippen molar-refractivity contribution in [2.75, 3.05) is 31.1 Å². The molecule has 2 aliphatic rings. The molecule has 2 aromatic rings. The number of phenols is 1. The lowest BCUT2D eigenvalue weighted by atomic mass is 9.92. The average molecular weight is 407 g/mol. The van der Waals surface area contributed by atoms with E-state index in [1.165, 1.54) is 12.5 Å². The highest BCUT2D eigenvalue weighted by atomic mass is 19.4. The summed E-state index contributed by atoms with van der Waals surface area (Å²) >= 11 is 0. The van der Waals surface area contributed by atoms with E-state index in [1.54, 1.807) is 6.92 Å². The molecule has 29 heavy (non-hydrogen) atoms. The van der Waals surface area contributed by atoms with Crippen LogP contribution in [0.15, 0.2) is 18.2 Å². The van der Waals surface area contributed by atoms with Crippen LogP contribution < -0.4 is 4.90 Å². The van der Waals surface area contributed by atoms with Crippen LogP contribution in [0.5, 0.6) is 5.75 Å². The molecule has 0 unspecified atom stereocenters. The molecule has 1 N–H and O–H groups in total. The molecule has 1 aromatic carbocycles. The van der Waals surface area contributed by atoms with Gasteiger partial charge in [0.05, 0.1) is 11.3 Å². The van der Waals surface area contributed by atoms with E-state index in [2.05, 4.69) is 31.9 Å². The van der Waals surface area contributed by atoms with Crippen LogP contribution in [0.1, 0.15) is 31.0 Å². The summed E-state index contributed by atoms with van der Waals surface area (Å²) in [5.41, 5.74) is 0.0946. The van der Waals surface area contributed by atoms with E-state index in [-0.39, 0.29) is 11.3 Å². The molecule has 0 spiro atoms. The number of alkyl halides is 3. The molecule has 0 bridgehead atoms. The Bertz CT molecular complexity index is 904. The molecular weight excluding hydrogens is 383 g/mol. The highest BCUT2D eigenvalue weighted by Crippen LogP contribution is 2.37. The number of hydrogen-bond acceptors (Lipinski definition) is 6. The Morgan fingerprint density at radius 3 is 2.59 bits per heavy atom. The van der Waals surface area contributed by atoms with Crippen LogP contribution in [0.2, 0.25) is 0 Å². The second-order valence-electron chi connectivity index (χ2n) is 7.77. The Kier molecular flexibility index (Phi) is 5.10. The van der Waals surface area contributed by atoms with E-state index in [9.17, 15) is 18.3 Å². The molecule has 2 aliphatic heterocycles. The number of fused-ring (bicyclic) bond motifs is 1. The summed E-state index contributed by atoms with van der Waals surface area (Å²) in [6.45, 7) is 7.88. The first kappa shape index (κ1) is 19.9. The number of halogens is 3.